The van der Waals surface area contributed by atoms with E-state index in [-0.39, 0.29) is 5.91 Å². The number of aromatic nitrogens is 2. The molecular formula is C14H19N5O. The molecule has 6 nitrogen and oxygen atoms in total. The Labute approximate surface area is 118 Å². The Morgan fingerprint density at radius 3 is 2.55 bits per heavy atom. The van der Waals surface area contributed by atoms with Crippen LogP contribution < -0.4 is 16.0 Å². The number of carbonyl (C=O) groups is 1. The van der Waals surface area contributed by atoms with Gasteiger partial charge in [-0.15, -0.1) is 0 Å². The fourth-order valence-electron chi connectivity index (χ4n) is 1.92. The van der Waals surface area contributed by atoms with Crippen LogP contribution in [0, 0.1) is 0 Å². The van der Waals surface area contributed by atoms with Gasteiger partial charge in [0, 0.05) is 32.0 Å². The molecule has 0 saturated carbocycles. The first kappa shape index (κ1) is 13.9. The molecule has 1 aromatic heterocycles. The molecule has 1 amide bonds. The standard InChI is InChI=1S/C14H19N5O/c1-4-19-13(12(15)9-16-19)14(20)17-10-5-7-11(8-6-10)18(2)3/h5-9H,4,15H2,1-3H3,(H,17,20). The average Bonchev–Trinajstić information content (AvgIpc) is 2.80. The van der Waals surface area contributed by atoms with Crippen LogP contribution in [0.5, 0.6) is 0 Å². The summed E-state index contributed by atoms with van der Waals surface area (Å²) in [5.74, 6) is -0.251. The van der Waals surface area contributed by atoms with Gasteiger partial charge in [-0.05, 0) is 31.2 Å². The zero-order valence-electron chi connectivity index (χ0n) is 11.9. The summed E-state index contributed by atoms with van der Waals surface area (Å²) in [7, 11) is 3.93. The number of nitrogens with one attached hydrogen (secondary N) is 1. The lowest BCUT2D eigenvalue weighted by Crippen LogP contribution is -2.19. The van der Waals surface area contributed by atoms with Gasteiger partial charge in [0.15, 0.2) is 0 Å². The van der Waals surface area contributed by atoms with E-state index in [1.165, 1.54) is 6.20 Å². The largest absolute Gasteiger partial charge is 0.396 e. The lowest BCUT2D eigenvalue weighted by molar-refractivity contribution is 0.101. The Balaban J connectivity index is 2.17. The number of aryl methyl sites for hydroxylation is 1. The van der Waals surface area contributed by atoms with Gasteiger partial charge in [0.05, 0.1) is 11.9 Å². The second kappa shape index (κ2) is 5.64. The summed E-state index contributed by atoms with van der Waals surface area (Å²) >= 11 is 0. The third-order valence-corrected chi connectivity index (χ3v) is 3.02. The number of amides is 1. The van der Waals surface area contributed by atoms with E-state index in [9.17, 15) is 4.79 Å². The van der Waals surface area contributed by atoms with Crippen molar-refractivity contribution in [1.82, 2.24) is 9.78 Å². The molecule has 0 bridgehead atoms. The number of nitrogens with two attached hydrogens (primary N) is 1. The highest BCUT2D eigenvalue weighted by atomic mass is 16.2. The molecular weight excluding hydrogens is 254 g/mol. The molecule has 2 rings (SSSR count). The van der Waals surface area contributed by atoms with Gasteiger partial charge in [-0.1, -0.05) is 0 Å². The van der Waals surface area contributed by atoms with Gasteiger partial charge in [-0.25, -0.2) is 0 Å². The van der Waals surface area contributed by atoms with Crippen molar-refractivity contribution in [3.05, 3.63) is 36.2 Å². The number of carbonyl (C=O) groups excluding carboxylic acids is 1. The summed E-state index contributed by atoms with van der Waals surface area (Å²) in [6.07, 6.45) is 1.49. The van der Waals surface area contributed by atoms with Gasteiger partial charge in [-0.3, -0.25) is 9.48 Å². The van der Waals surface area contributed by atoms with Crippen LogP contribution in [0.15, 0.2) is 30.5 Å². The Kier molecular flexibility index (Phi) is 3.93. The number of hydrogen-bond acceptors (Lipinski definition) is 4. The first-order valence-corrected chi connectivity index (χ1v) is 6.43. The van der Waals surface area contributed by atoms with E-state index in [0.717, 1.165) is 11.4 Å². The molecule has 20 heavy (non-hydrogen) atoms. The highest BCUT2D eigenvalue weighted by Gasteiger charge is 2.16. The van der Waals surface area contributed by atoms with E-state index in [1.807, 2.05) is 50.2 Å². The van der Waals surface area contributed by atoms with E-state index in [2.05, 4.69) is 10.4 Å². The van der Waals surface area contributed by atoms with Crippen LogP contribution in [0.3, 0.4) is 0 Å². The fraction of sp³-hybridized carbons (Fsp3) is 0.286. The minimum absolute atomic E-state index is 0.251. The smallest absolute Gasteiger partial charge is 0.276 e. The molecule has 0 unspecified atom stereocenters. The van der Waals surface area contributed by atoms with Gasteiger partial charge in [0.1, 0.15) is 5.69 Å². The van der Waals surface area contributed by atoms with Crippen molar-refractivity contribution in [2.24, 2.45) is 0 Å². The predicted molar refractivity (Wildman–Crippen MR) is 81.0 cm³/mol. The third kappa shape index (κ3) is 2.74. The molecule has 3 N–H and O–H groups in total. The van der Waals surface area contributed by atoms with Crippen molar-refractivity contribution >= 4 is 23.0 Å². The van der Waals surface area contributed by atoms with Crippen LogP contribution in [0.2, 0.25) is 0 Å². The van der Waals surface area contributed by atoms with Crippen molar-refractivity contribution in [3.8, 4) is 0 Å². The molecule has 0 atom stereocenters. The maximum atomic E-state index is 12.2. The summed E-state index contributed by atoms with van der Waals surface area (Å²) in [6, 6.07) is 7.60. The van der Waals surface area contributed by atoms with Crippen LogP contribution in [0.1, 0.15) is 17.4 Å². The molecule has 106 valence electrons. The molecule has 1 heterocycles. The van der Waals surface area contributed by atoms with E-state index in [1.54, 1.807) is 4.68 Å². The molecule has 0 aliphatic heterocycles. The SMILES string of the molecule is CCn1ncc(N)c1C(=O)Nc1ccc(N(C)C)cc1. The Morgan fingerprint density at radius 1 is 1.35 bits per heavy atom. The molecule has 6 heteroatoms. The highest BCUT2D eigenvalue weighted by molar-refractivity contribution is 6.06. The predicted octanol–water partition coefficient (Wildman–Crippen LogP) is 1.80. The van der Waals surface area contributed by atoms with Crippen LogP contribution in [0.4, 0.5) is 17.1 Å². The summed E-state index contributed by atoms with van der Waals surface area (Å²) in [4.78, 5) is 14.2. The topological polar surface area (TPSA) is 76.2 Å². The zero-order chi connectivity index (χ0) is 14.7. The van der Waals surface area contributed by atoms with Gasteiger partial charge in [-0.2, -0.15) is 5.10 Å². The maximum absolute atomic E-state index is 12.2. The monoisotopic (exact) mass is 273 g/mol. The van der Waals surface area contributed by atoms with Gasteiger partial charge >= 0.3 is 0 Å². The summed E-state index contributed by atoms with van der Waals surface area (Å²) in [5.41, 5.74) is 8.36. The van der Waals surface area contributed by atoms with Gasteiger partial charge < -0.3 is 16.0 Å². The van der Waals surface area contributed by atoms with E-state index >= 15 is 0 Å². The number of nitrogens with zero attached hydrogens (tertiary/aromatic N) is 3. The van der Waals surface area contributed by atoms with Crippen LogP contribution in [-0.4, -0.2) is 29.8 Å². The van der Waals surface area contributed by atoms with Crippen molar-refractivity contribution in [2.75, 3.05) is 30.0 Å². The summed E-state index contributed by atoms with van der Waals surface area (Å²) in [6.45, 7) is 2.51. The minimum Gasteiger partial charge on any atom is -0.396 e. The van der Waals surface area contributed by atoms with Crippen molar-refractivity contribution in [3.63, 3.8) is 0 Å². The highest BCUT2D eigenvalue weighted by Crippen LogP contribution is 2.18. The first-order chi connectivity index (χ1) is 9.52. The summed E-state index contributed by atoms with van der Waals surface area (Å²) < 4.78 is 1.58. The molecule has 0 fully saturated rings. The second-order valence-corrected chi connectivity index (χ2v) is 4.66. The molecule has 1 aromatic carbocycles. The number of hydrogen-bond donors (Lipinski definition) is 2. The van der Waals surface area contributed by atoms with Crippen molar-refractivity contribution in [1.29, 1.82) is 0 Å². The first-order valence-electron chi connectivity index (χ1n) is 6.43. The Hall–Kier alpha value is -2.50. The van der Waals surface area contributed by atoms with E-state index < -0.39 is 0 Å². The molecule has 0 spiro atoms. The number of nitrogen functional groups attached to an aromatic ring is 1. The van der Waals surface area contributed by atoms with Gasteiger partial charge in [0.2, 0.25) is 0 Å². The third-order valence-electron chi connectivity index (χ3n) is 3.02. The molecule has 0 aliphatic rings. The molecule has 0 saturated heterocycles. The average molecular weight is 273 g/mol. The normalized spacial score (nSPS) is 10.3. The second-order valence-electron chi connectivity index (χ2n) is 4.66. The molecule has 2 aromatic rings. The number of rotatable bonds is 4. The van der Waals surface area contributed by atoms with E-state index in [4.69, 9.17) is 5.73 Å². The number of anilines is 3. The zero-order valence-corrected chi connectivity index (χ0v) is 11.9. The quantitative estimate of drug-likeness (QED) is 0.890. The fourth-order valence-corrected chi connectivity index (χ4v) is 1.92. The van der Waals surface area contributed by atoms with Crippen molar-refractivity contribution in [2.45, 2.75) is 13.5 Å². The van der Waals surface area contributed by atoms with Crippen LogP contribution in [0.25, 0.3) is 0 Å². The van der Waals surface area contributed by atoms with Crippen molar-refractivity contribution < 1.29 is 4.79 Å². The Morgan fingerprint density at radius 2 is 2.00 bits per heavy atom. The summed E-state index contributed by atoms with van der Waals surface area (Å²) in [5, 5.41) is 6.89. The van der Waals surface area contributed by atoms with E-state index in [0.29, 0.717) is 17.9 Å². The van der Waals surface area contributed by atoms with Crippen LogP contribution in [-0.2, 0) is 6.54 Å². The van der Waals surface area contributed by atoms with Crippen LogP contribution >= 0.6 is 0 Å². The lowest BCUT2D eigenvalue weighted by atomic mass is 10.2. The molecule has 0 radical (unpaired) electrons. The Bertz CT molecular complexity index is 601. The maximum Gasteiger partial charge on any atom is 0.276 e. The molecule has 0 aliphatic carbocycles. The van der Waals surface area contributed by atoms with Gasteiger partial charge in [0.25, 0.3) is 5.91 Å². The minimum atomic E-state index is -0.251. The number of benzene rings is 1. The lowest BCUT2D eigenvalue weighted by Gasteiger charge is -2.13.